The maximum Gasteiger partial charge on any atom is 0.191 e. The fourth-order valence-corrected chi connectivity index (χ4v) is 3.27. The van der Waals surface area contributed by atoms with Crippen LogP contribution in [0, 0.1) is 0 Å². The molecular formula is C11H11N5S2. The minimum Gasteiger partial charge on any atom is -0.383 e. The van der Waals surface area contributed by atoms with Crippen molar-refractivity contribution in [2.75, 3.05) is 5.73 Å². The van der Waals surface area contributed by atoms with E-state index in [2.05, 4.69) is 15.0 Å². The molecule has 92 valence electrons. The third-order valence-corrected chi connectivity index (χ3v) is 4.24. The molecule has 0 saturated carbocycles. The number of nitrogens with two attached hydrogens (primary N) is 1. The SMILES string of the molecule is Cn1ccnc1CSc1nc(N)c2ccsc2n1. The first-order chi connectivity index (χ1) is 8.74. The lowest BCUT2D eigenvalue weighted by Crippen LogP contribution is -1.98. The van der Waals surface area contributed by atoms with Gasteiger partial charge in [0.2, 0.25) is 0 Å². The minimum absolute atomic E-state index is 0.545. The van der Waals surface area contributed by atoms with Gasteiger partial charge in [0.15, 0.2) is 5.16 Å². The predicted molar refractivity (Wildman–Crippen MR) is 74.6 cm³/mol. The summed E-state index contributed by atoms with van der Waals surface area (Å²) in [6.45, 7) is 0. The van der Waals surface area contributed by atoms with Gasteiger partial charge in [-0.05, 0) is 11.4 Å². The van der Waals surface area contributed by atoms with Crippen molar-refractivity contribution in [3.8, 4) is 0 Å². The monoisotopic (exact) mass is 277 g/mol. The molecule has 0 fully saturated rings. The highest BCUT2D eigenvalue weighted by molar-refractivity contribution is 7.98. The fraction of sp³-hybridized carbons (Fsp3) is 0.182. The summed E-state index contributed by atoms with van der Waals surface area (Å²) in [6, 6.07) is 1.95. The van der Waals surface area contributed by atoms with Crippen molar-refractivity contribution in [1.29, 1.82) is 0 Å². The standard InChI is InChI=1S/C11H11N5S2/c1-16-4-3-13-8(16)6-18-11-14-9(12)7-2-5-17-10(7)15-11/h2-5H,6H2,1H3,(H2,12,14,15). The summed E-state index contributed by atoms with van der Waals surface area (Å²) in [5, 5.41) is 3.61. The average molecular weight is 277 g/mol. The van der Waals surface area contributed by atoms with Gasteiger partial charge in [0.05, 0.1) is 11.1 Å². The van der Waals surface area contributed by atoms with Gasteiger partial charge < -0.3 is 10.3 Å². The number of imidazole rings is 1. The smallest absolute Gasteiger partial charge is 0.191 e. The van der Waals surface area contributed by atoms with Crippen molar-refractivity contribution >= 4 is 39.1 Å². The lowest BCUT2D eigenvalue weighted by atomic mass is 10.4. The van der Waals surface area contributed by atoms with Crippen LogP contribution in [0.5, 0.6) is 0 Å². The van der Waals surface area contributed by atoms with Crippen LogP contribution in [0.3, 0.4) is 0 Å². The van der Waals surface area contributed by atoms with Crippen molar-refractivity contribution in [3.05, 3.63) is 29.7 Å². The molecule has 0 aromatic carbocycles. The molecule has 0 radical (unpaired) electrons. The summed E-state index contributed by atoms with van der Waals surface area (Å²) >= 11 is 3.12. The van der Waals surface area contributed by atoms with Gasteiger partial charge in [-0.2, -0.15) is 0 Å². The Labute approximate surface area is 112 Å². The highest BCUT2D eigenvalue weighted by Gasteiger charge is 2.08. The molecule has 7 heteroatoms. The number of aryl methyl sites for hydroxylation is 1. The summed E-state index contributed by atoms with van der Waals surface area (Å²) in [4.78, 5) is 14.0. The van der Waals surface area contributed by atoms with E-state index in [9.17, 15) is 0 Å². The van der Waals surface area contributed by atoms with Gasteiger partial charge >= 0.3 is 0 Å². The molecule has 0 unspecified atom stereocenters. The molecule has 0 spiro atoms. The van der Waals surface area contributed by atoms with Crippen LogP contribution in [0.15, 0.2) is 29.0 Å². The number of aromatic nitrogens is 4. The molecule has 18 heavy (non-hydrogen) atoms. The molecule has 3 rings (SSSR count). The molecule has 0 aliphatic rings. The Morgan fingerprint density at radius 2 is 2.33 bits per heavy atom. The first-order valence-electron chi connectivity index (χ1n) is 5.34. The number of nitrogens with zero attached hydrogens (tertiary/aromatic N) is 4. The first kappa shape index (κ1) is 11.5. The molecule has 3 aromatic rings. The molecule has 5 nitrogen and oxygen atoms in total. The van der Waals surface area contributed by atoms with E-state index in [-0.39, 0.29) is 0 Å². The molecule has 2 N–H and O–H groups in total. The predicted octanol–water partition coefficient (Wildman–Crippen LogP) is 2.30. The molecule has 0 bridgehead atoms. The van der Waals surface area contributed by atoms with Crippen LogP contribution < -0.4 is 5.73 Å². The van der Waals surface area contributed by atoms with Crippen LogP contribution in [-0.4, -0.2) is 19.5 Å². The van der Waals surface area contributed by atoms with E-state index < -0.39 is 0 Å². The maximum absolute atomic E-state index is 5.90. The summed E-state index contributed by atoms with van der Waals surface area (Å²) in [7, 11) is 1.97. The molecule has 0 aliphatic heterocycles. The van der Waals surface area contributed by atoms with E-state index in [1.807, 2.05) is 29.3 Å². The van der Waals surface area contributed by atoms with Gasteiger partial charge in [0.25, 0.3) is 0 Å². The van der Waals surface area contributed by atoms with Crippen molar-refractivity contribution in [3.63, 3.8) is 0 Å². The highest BCUT2D eigenvalue weighted by Crippen LogP contribution is 2.27. The Kier molecular flexibility index (Phi) is 2.92. The average Bonchev–Trinajstić information content (AvgIpc) is 2.95. The molecule has 0 aliphatic carbocycles. The van der Waals surface area contributed by atoms with Crippen LogP contribution >= 0.6 is 23.1 Å². The van der Waals surface area contributed by atoms with Gasteiger partial charge in [0, 0.05) is 19.4 Å². The van der Waals surface area contributed by atoms with Gasteiger partial charge in [0.1, 0.15) is 16.5 Å². The lowest BCUT2D eigenvalue weighted by Gasteiger charge is -2.02. The summed E-state index contributed by atoms with van der Waals surface area (Å²) < 4.78 is 1.99. The van der Waals surface area contributed by atoms with Gasteiger partial charge in [-0.15, -0.1) is 11.3 Å². The number of hydrogen-bond acceptors (Lipinski definition) is 6. The molecule has 0 saturated heterocycles. The lowest BCUT2D eigenvalue weighted by molar-refractivity contribution is 0.847. The van der Waals surface area contributed by atoms with E-state index in [1.54, 1.807) is 29.3 Å². The Morgan fingerprint density at radius 3 is 3.11 bits per heavy atom. The topological polar surface area (TPSA) is 69.6 Å². The number of thiophene rings is 1. The van der Waals surface area contributed by atoms with Crippen LogP contribution in [0.2, 0.25) is 0 Å². The van der Waals surface area contributed by atoms with Gasteiger partial charge in [-0.3, -0.25) is 0 Å². The maximum atomic E-state index is 5.90. The minimum atomic E-state index is 0.545. The van der Waals surface area contributed by atoms with Crippen molar-refractivity contribution < 1.29 is 0 Å². The van der Waals surface area contributed by atoms with Crippen LogP contribution in [0.1, 0.15) is 5.82 Å². The van der Waals surface area contributed by atoms with Gasteiger partial charge in [-0.25, -0.2) is 15.0 Å². The largest absolute Gasteiger partial charge is 0.383 e. The molecule has 0 amide bonds. The van der Waals surface area contributed by atoms with E-state index in [1.165, 1.54) is 0 Å². The summed E-state index contributed by atoms with van der Waals surface area (Å²) in [5.74, 6) is 2.27. The number of rotatable bonds is 3. The third-order valence-electron chi connectivity index (χ3n) is 2.59. The zero-order chi connectivity index (χ0) is 12.5. The highest BCUT2D eigenvalue weighted by atomic mass is 32.2. The molecule has 0 atom stereocenters. The first-order valence-corrected chi connectivity index (χ1v) is 7.20. The van der Waals surface area contributed by atoms with E-state index in [0.717, 1.165) is 21.8 Å². The number of thioether (sulfide) groups is 1. The number of hydrogen-bond donors (Lipinski definition) is 1. The molecular weight excluding hydrogens is 266 g/mol. The van der Waals surface area contributed by atoms with E-state index >= 15 is 0 Å². The van der Waals surface area contributed by atoms with Crippen LogP contribution in [0.25, 0.3) is 10.2 Å². The second-order valence-electron chi connectivity index (χ2n) is 3.77. The zero-order valence-electron chi connectivity index (χ0n) is 9.70. The Balaban J connectivity index is 1.84. The number of anilines is 1. The van der Waals surface area contributed by atoms with E-state index in [0.29, 0.717) is 11.0 Å². The third kappa shape index (κ3) is 2.06. The molecule has 3 aromatic heterocycles. The van der Waals surface area contributed by atoms with Crippen LogP contribution in [-0.2, 0) is 12.8 Å². The van der Waals surface area contributed by atoms with Crippen molar-refractivity contribution in [2.45, 2.75) is 10.9 Å². The summed E-state index contributed by atoms with van der Waals surface area (Å²) in [6.07, 6.45) is 3.71. The zero-order valence-corrected chi connectivity index (χ0v) is 11.3. The normalized spacial score (nSPS) is 11.2. The van der Waals surface area contributed by atoms with Crippen molar-refractivity contribution in [2.24, 2.45) is 7.05 Å². The fourth-order valence-electron chi connectivity index (χ4n) is 1.59. The second kappa shape index (κ2) is 4.58. The Hall–Kier alpha value is -1.60. The van der Waals surface area contributed by atoms with Crippen molar-refractivity contribution in [1.82, 2.24) is 19.5 Å². The van der Waals surface area contributed by atoms with Gasteiger partial charge in [-0.1, -0.05) is 11.8 Å². The number of nitrogen functional groups attached to an aromatic ring is 1. The number of fused-ring (bicyclic) bond motifs is 1. The molecule has 3 heterocycles. The quantitative estimate of drug-likeness (QED) is 0.587. The van der Waals surface area contributed by atoms with Crippen LogP contribution in [0.4, 0.5) is 5.82 Å². The summed E-state index contributed by atoms with van der Waals surface area (Å²) in [5.41, 5.74) is 5.90. The Bertz CT molecular complexity index is 688. The second-order valence-corrected chi connectivity index (χ2v) is 5.61. The van der Waals surface area contributed by atoms with E-state index in [4.69, 9.17) is 5.73 Å². The Morgan fingerprint density at radius 1 is 1.44 bits per heavy atom.